The van der Waals surface area contributed by atoms with Crippen LogP contribution >= 0.6 is 0 Å². The van der Waals surface area contributed by atoms with Crippen molar-refractivity contribution in [3.05, 3.63) is 23.5 Å². The van der Waals surface area contributed by atoms with Crippen LogP contribution in [0, 0.1) is 0 Å². The largest absolute Gasteiger partial charge is 0.477 e. The fourth-order valence-corrected chi connectivity index (χ4v) is 1.21. The number of aromatic carboxylic acids is 1. The van der Waals surface area contributed by atoms with Gasteiger partial charge < -0.3 is 15.4 Å². The van der Waals surface area contributed by atoms with E-state index in [1.54, 1.807) is 12.3 Å². The Morgan fingerprint density at radius 1 is 1.69 bits per heavy atom. The maximum Gasteiger partial charge on any atom is 0.352 e. The second-order valence-electron chi connectivity index (χ2n) is 3.38. The number of H-pyrrole nitrogens is 1. The minimum absolute atomic E-state index is 0.257. The van der Waals surface area contributed by atoms with Crippen molar-refractivity contribution in [2.45, 2.75) is 25.4 Å². The van der Waals surface area contributed by atoms with Gasteiger partial charge in [-0.25, -0.2) is 4.79 Å². The van der Waals surface area contributed by atoms with Crippen LogP contribution in [0.3, 0.4) is 0 Å². The van der Waals surface area contributed by atoms with Crippen molar-refractivity contribution in [2.75, 3.05) is 0 Å². The summed E-state index contributed by atoms with van der Waals surface area (Å²) >= 11 is 0. The van der Waals surface area contributed by atoms with Crippen LogP contribution in [0.5, 0.6) is 0 Å². The van der Waals surface area contributed by atoms with E-state index in [0.717, 1.165) is 12.1 Å². The molecule has 0 aliphatic heterocycles. The van der Waals surface area contributed by atoms with Gasteiger partial charge in [-0.1, -0.05) is 0 Å². The lowest BCUT2D eigenvalue weighted by Gasteiger charge is -1.97. The van der Waals surface area contributed by atoms with E-state index in [-0.39, 0.29) is 5.69 Å². The van der Waals surface area contributed by atoms with Gasteiger partial charge in [0.05, 0.1) is 0 Å². The second kappa shape index (κ2) is 3.22. The maximum absolute atomic E-state index is 10.5. The number of rotatable bonds is 4. The fourth-order valence-electron chi connectivity index (χ4n) is 1.21. The molecule has 1 aromatic rings. The number of hydrogen-bond donors (Lipinski definition) is 3. The van der Waals surface area contributed by atoms with Crippen molar-refractivity contribution >= 4 is 5.97 Å². The molecule has 0 atom stereocenters. The quantitative estimate of drug-likeness (QED) is 0.646. The van der Waals surface area contributed by atoms with Crippen LogP contribution in [-0.4, -0.2) is 22.1 Å². The Morgan fingerprint density at radius 3 is 3.00 bits per heavy atom. The van der Waals surface area contributed by atoms with Gasteiger partial charge in [-0.3, -0.25) is 0 Å². The molecule has 0 amide bonds. The van der Waals surface area contributed by atoms with E-state index < -0.39 is 5.97 Å². The molecule has 1 fully saturated rings. The molecule has 4 heteroatoms. The van der Waals surface area contributed by atoms with E-state index in [0.29, 0.717) is 6.04 Å². The molecule has 3 N–H and O–H groups in total. The van der Waals surface area contributed by atoms with Gasteiger partial charge >= 0.3 is 5.97 Å². The van der Waals surface area contributed by atoms with E-state index in [1.807, 2.05) is 0 Å². The van der Waals surface area contributed by atoms with Gasteiger partial charge in [-0.2, -0.15) is 0 Å². The minimum Gasteiger partial charge on any atom is -0.477 e. The molecule has 1 aliphatic rings. The van der Waals surface area contributed by atoms with E-state index in [9.17, 15) is 4.79 Å². The van der Waals surface area contributed by atoms with Gasteiger partial charge in [-0.15, -0.1) is 0 Å². The molecule has 1 aliphatic carbocycles. The molecule has 0 radical (unpaired) electrons. The van der Waals surface area contributed by atoms with Crippen LogP contribution in [0.1, 0.15) is 28.9 Å². The highest BCUT2D eigenvalue weighted by molar-refractivity contribution is 5.85. The zero-order chi connectivity index (χ0) is 9.26. The van der Waals surface area contributed by atoms with Gasteiger partial charge in [0.15, 0.2) is 0 Å². The summed E-state index contributed by atoms with van der Waals surface area (Å²) in [6.07, 6.45) is 4.23. The van der Waals surface area contributed by atoms with E-state index >= 15 is 0 Å². The van der Waals surface area contributed by atoms with Crippen LogP contribution in [-0.2, 0) is 6.54 Å². The summed E-state index contributed by atoms with van der Waals surface area (Å²) in [6, 6.07) is 2.32. The molecule has 0 unspecified atom stereocenters. The number of carboxylic acids is 1. The Balaban J connectivity index is 1.92. The van der Waals surface area contributed by atoms with E-state index in [4.69, 9.17) is 5.11 Å². The third-order valence-corrected chi connectivity index (χ3v) is 2.15. The number of nitrogens with one attached hydrogen (secondary N) is 2. The first-order chi connectivity index (χ1) is 6.25. The van der Waals surface area contributed by atoms with Crippen LogP contribution < -0.4 is 5.32 Å². The number of carboxylic acid groups (broad SMARTS) is 1. The Kier molecular flexibility index (Phi) is 2.06. The van der Waals surface area contributed by atoms with Crippen molar-refractivity contribution in [1.29, 1.82) is 0 Å². The van der Waals surface area contributed by atoms with Gasteiger partial charge in [0.1, 0.15) is 5.69 Å². The molecule has 70 valence electrons. The first-order valence-electron chi connectivity index (χ1n) is 4.39. The average Bonchev–Trinajstić information content (AvgIpc) is 2.79. The molecule has 0 bridgehead atoms. The minimum atomic E-state index is -0.905. The lowest BCUT2D eigenvalue weighted by atomic mass is 10.3. The summed E-state index contributed by atoms with van der Waals surface area (Å²) in [7, 11) is 0. The van der Waals surface area contributed by atoms with Crippen molar-refractivity contribution in [3.8, 4) is 0 Å². The number of hydrogen-bond acceptors (Lipinski definition) is 2. The molecule has 4 nitrogen and oxygen atoms in total. The van der Waals surface area contributed by atoms with Crippen molar-refractivity contribution < 1.29 is 9.90 Å². The van der Waals surface area contributed by atoms with Crippen LogP contribution in [0.15, 0.2) is 12.3 Å². The fraction of sp³-hybridized carbons (Fsp3) is 0.444. The van der Waals surface area contributed by atoms with Crippen molar-refractivity contribution in [2.24, 2.45) is 0 Å². The summed E-state index contributed by atoms with van der Waals surface area (Å²) < 4.78 is 0. The molecular formula is C9H12N2O2. The smallest absolute Gasteiger partial charge is 0.352 e. The van der Waals surface area contributed by atoms with Crippen molar-refractivity contribution in [3.63, 3.8) is 0 Å². The normalized spacial score (nSPS) is 16.0. The van der Waals surface area contributed by atoms with Crippen molar-refractivity contribution in [1.82, 2.24) is 10.3 Å². The Morgan fingerprint density at radius 2 is 2.46 bits per heavy atom. The number of aromatic nitrogens is 1. The zero-order valence-corrected chi connectivity index (χ0v) is 7.21. The van der Waals surface area contributed by atoms with E-state index in [2.05, 4.69) is 10.3 Å². The van der Waals surface area contributed by atoms with Gasteiger partial charge in [-0.05, 0) is 24.5 Å². The summed E-state index contributed by atoms with van der Waals surface area (Å²) in [5.41, 5.74) is 1.26. The number of carbonyl (C=O) groups is 1. The second-order valence-corrected chi connectivity index (χ2v) is 3.38. The standard InChI is InChI=1S/C9H12N2O2/c12-9(13)8-3-6(5-11-8)4-10-7-1-2-7/h3,5,7,10-11H,1-2,4H2,(H,12,13). The first kappa shape index (κ1) is 8.31. The molecule has 0 aromatic carbocycles. The maximum atomic E-state index is 10.5. The van der Waals surface area contributed by atoms with Gasteiger partial charge in [0, 0.05) is 18.8 Å². The summed E-state index contributed by atoms with van der Waals surface area (Å²) in [6.45, 7) is 0.758. The summed E-state index contributed by atoms with van der Waals surface area (Å²) in [5.74, 6) is -0.905. The highest BCUT2D eigenvalue weighted by Gasteiger charge is 2.20. The topological polar surface area (TPSA) is 65.1 Å². The number of aromatic amines is 1. The predicted octanol–water partition coefficient (Wildman–Crippen LogP) is 0.965. The van der Waals surface area contributed by atoms with Gasteiger partial charge in [0.25, 0.3) is 0 Å². The average molecular weight is 180 g/mol. The van der Waals surface area contributed by atoms with Crippen LogP contribution in [0.25, 0.3) is 0 Å². The molecular weight excluding hydrogens is 168 g/mol. The Labute approximate surface area is 76.0 Å². The summed E-state index contributed by atoms with van der Waals surface area (Å²) in [4.78, 5) is 13.2. The summed E-state index contributed by atoms with van der Waals surface area (Å²) in [5, 5.41) is 11.9. The lowest BCUT2D eigenvalue weighted by Crippen LogP contribution is -2.14. The monoisotopic (exact) mass is 180 g/mol. The molecule has 2 rings (SSSR count). The molecule has 13 heavy (non-hydrogen) atoms. The highest BCUT2D eigenvalue weighted by Crippen LogP contribution is 2.19. The van der Waals surface area contributed by atoms with Gasteiger partial charge in [0.2, 0.25) is 0 Å². The Bertz CT molecular complexity index is 315. The highest BCUT2D eigenvalue weighted by atomic mass is 16.4. The van der Waals surface area contributed by atoms with E-state index in [1.165, 1.54) is 12.8 Å². The first-order valence-corrected chi connectivity index (χ1v) is 4.39. The zero-order valence-electron chi connectivity index (χ0n) is 7.21. The molecule has 0 saturated heterocycles. The third kappa shape index (κ3) is 2.09. The Hall–Kier alpha value is -1.29. The van der Waals surface area contributed by atoms with Crippen LogP contribution in [0.2, 0.25) is 0 Å². The van der Waals surface area contributed by atoms with Crippen LogP contribution in [0.4, 0.5) is 0 Å². The lowest BCUT2D eigenvalue weighted by molar-refractivity contribution is 0.0691. The molecule has 1 saturated carbocycles. The predicted molar refractivity (Wildman–Crippen MR) is 47.6 cm³/mol. The SMILES string of the molecule is O=C(O)c1cc(CNC2CC2)c[nH]1. The third-order valence-electron chi connectivity index (χ3n) is 2.15. The molecule has 1 heterocycles. The molecule has 1 aromatic heterocycles. The molecule has 0 spiro atoms.